The second kappa shape index (κ2) is 5.35. The van der Waals surface area contributed by atoms with Crippen LogP contribution in [0, 0.1) is 5.82 Å². The van der Waals surface area contributed by atoms with Gasteiger partial charge in [-0.15, -0.1) is 0 Å². The second-order valence-corrected chi connectivity index (χ2v) is 6.42. The van der Waals surface area contributed by atoms with E-state index in [-0.39, 0.29) is 10.6 Å². The monoisotopic (exact) mass is 384 g/mol. The van der Waals surface area contributed by atoms with E-state index < -0.39 is 0 Å². The van der Waals surface area contributed by atoms with Crippen LogP contribution >= 0.6 is 31.9 Å². The van der Waals surface area contributed by atoms with Gasteiger partial charge in [0.15, 0.2) is 0 Å². The molecule has 0 amide bonds. The first-order chi connectivity index (χ1) is 9.13. The van der Waals surface area contributed by atoms with Gasteiger partial charge in [-0.25, -0.2) is 4.39 Å². The number of rotatable bonds is 2. The maximum atomic E-state index is 13.5. The molecule has 0 aliphatic carbocycles. The fourth-order valence-electron chi connectivity index (χ4n) is 2.26. The molecule has 3 rings (SSSR count). The van der Waals surface area contributed by atoms with Gasteiger partial charge in [0.2, 0.25) is 0 Å². The molecular weight excluding hydrogens is 375 g/mol. The van der Waals surface area contributed by atoms with Crippen molar-refractivity contribution in [3.63, 3.8) is 0 Å². The SMILES string of the molecule is Fc1cc(Br)cc(C(Br)c2ccc3c(c2)COC3)c1. The molecule has 1 aliphatic rings. The molecule has 2 aromatic carbocycles. The van der Waals surface area contributed by atoms with Gasteiger partial charge in [0.1, 0.15) is 5.82 Å². The summed E-state index contributed by atoms with van der Waals surface area (Å²) in [6.45, 7) is 1.35. The van der Waals surface area contributed by atoms with Crippen molar-refractivity contribution in [2.75, 3.05) is 0 Å². The smallest absolute Gasteiger partial charge is 0.124 e. The third kappa shape index (κ3) is 2.76. The minimum absolute atomic E-state index is 0.0228. The Morgan fingerprint density at radius 3 is 2.58 bits per heavy atom. The van der Waals surface area contributed by atoms with Crippen LogP contribution < -0.4 is 0 Å². The van der Waals surface area contributed by atoms with Gasteiger partial charge in [-0.1, -0.05) is 50.1 Å². The number of fused-ring (bicyclic) bond motifs is 1. The average molecular weight is 386 g/mol. The topological polar surface area (TPSA) is 9.23 Å². The molecular formula is C15H11Br2FO. The summed E-state index contributed by atoms with van der Waals surface area (Å²) >= 11 is 6.97. The molecule has 2 aromatic rings. The zero-order chi connectivity index (χ0) is 13.4. The highest BCUT2D eigenvalue weighted by molar-refractivity contribution is 9.10. The third-order valence-corrected chi connectivity index (χ3v) is 4.73. The van der Waals surface area contributed by atoms with Crippen molar-refractivity contribution in [1.82, 2.24) is 0 Å². The second-order valence-electron chi connectivity index (χ2n) is 4.59. The molecule has 0 saturated heterocycles. The van der Waals surface area contributed by atoms with E-state index in [1.165, 1.54) is 17.2 Å². The molecule has 4 heteroatoms. The first-order valence-electron chi connectivity index (χ1n) is 5.93. The van der Waals surface area contributed by atoms with E-state index in [4.69, 9.17) is 4.74 Å². The van der Waals surface area contributed by atoms with Crippen LogP contribution in [0.3, 0.4) is 0 Å². The lowest BCUT2D eigenvalue weighted by Gasteiger charge is -2.12. The Hall–Kier alpha value is -0.710. The Morgan fingerprint density at radius 1 is 1.00 bits per heavy atom. The van der Waals surface area contributed by atoms with Crippen molar-refractivity contribution < 1.29 is 9.13 Å². The highest BCUT2D eigenvalue weighted by Crippen LogP contribution is 2.34. The fraction of sp³-hybridized carbons (Fsp3) is 0.200. The number of hydrogen-bond acceptors (Lipinski definition) is 1. The van der Waals surface area contributed by atoms with E-state index >= 15 is 0 Å². The lowest BCUT2D eigenvalue weighted by Crippen LogP contribution is -1.96. The summed E-state index contributed by atoms with van der Waals surface area (Å²) in [5, 5.41) is 0. The number of benzene rings is 2. The molecule has 19 heavy (non-hydrogen) atoms. The first kappa shape index (κ1) is 13.3. The van der Waals surface area contributed by atoms with Gasteiger partial charge in [0.25, 0.3) is 0 Å². The molecule has 98 valence electrons. The maximum absolute atomic E-state index is 13.5. The van der Waals surface area contributed by atoms with E-state index in [0.717, 1.165) is 15.6 Å². The predicted octanol–water partition coefficient (Wildman–Crippen LogP) is 5.10. The summed E-state index contributed by atoms with van der Waals surface area (Å²) in [6, 6.07) is 11.2. The average Bonchev–Trinajstić information content (AvgIpc) is 2.83. The van der Waals surface area contributed by atoms with Gasteiger partial charge < -0.3 is 4.74 Å². The Bertz CT molecular complexity index is 607. The van der Waals surface area contributed by atoms with Crippen LogP contribution in [-0.4, -0.2) is 0 Å². The predicted molar refractivity (Wildman–Crippen MR) is 79.8 cm³/mol. The van der Waals surface area contributed by atoms with Gasteiger partial charge in [0.05, 0.1) is 18.0 Å². The van der Waals surface area contributed by atoms with Crippen molar-refractivity contribution in [1.29, 1.82) is 0 Å². The lowest BCUT2D eigenvalue weighted by atomic mass is 10.0. The summed E-state index contributed by atoms with van der Waals surface area (Å²) < 4.78 is 19.6. The van der Waals surface area contributed by atoms with Gasteiger partial charge >= 0.3 is 0 Å². The largest absolute Gasteiger partial charge is 0.372 e. The molecule has 1 atom stereocenters. The molecule has 1 unspecified atom stereocenters. The van der Waals surface area contributed by atoms with Crippen molar-refractivity contribution in [2.24, 2.45) is 0 Å². The van der Waals surface area contributed by atoms with Crippen LogP contribution in [0.4, 0.5) is 4.39 Å². The van der Waals surface area contributed by atoms with Crippen LogP contribution in [0.1, 0.15) is 27.1 Å². The molecule has 0 bridgehead atoms. The molecule has 0 spiro atoms. The Morgan fingerprint density at radius 2 is 1.79 bits per heavy atom. The lowest BCUT2D eigenvalue weighted by molar-refractivity contribution is 0.134. The van der Waals surface area contributed by atoms with Gasteiger partial charge in [0, 0.05) is 4.47 Å². The molecule has 0 N–H and O–H groups in total. The third-order valence-electron chi connectivity index (χ3n) is 3.22. The highest BCUT2D eigenvalue weighted by Gasteiger charge is 2.16. The number of alkyl halides is 1. The standard InChI is InChI=1S/C15H11Br2FO/c16-13-4-11(5-14(18)6-13)15(17)9-1-2-10-7-19-8-12(10)3-9/h1-6,15H,7-8H2. The van der Waals surface area contributed by atoms with Crippen molar-refractivity contribution in [2.45, 2.75) is 18.0 Å². The maximum Gasteiger partial charge on any atom is 0.124 e. The molecule has 0 radical (unpaired) electrons. The van der Waals surface area contributed by atoms with Crippen LogP contribution in [0.25, 0.3) is 0 Å². The van der Waals surface area contributed by atoms with Crippen molar-refractivity contribution >= 4 is 31.9 Å². The zero-order valence-electron chi connectivity index (χ0n) is 10.00. The quantitative estimate of drug-likeness (QED) is 0.653. The molecule has 1 heterocycles. The Kier molecular flexibility index (Phi) is 3.74. The Labute approximate surface area is 128 Å². The molecule has 0 fully saturated rings. The normalized spacial score (nSPS) is 15.3. The van der Waals surface area contributed by atoms with E-state index in [9.17, 15) is 4.39 Å². The van der Waals surface area contributed by atoms with Gasteiger partial charge in [-0.3, -0.25) is 0 Å². The van der Waals surface area contributed by atoms with Crippen molar-refractivity contribution in [3.05, 3.63) is 68.9 Å². The van der Waals surface area contributed by atoms with E-state index in [1.54, 1.807) is 6.07 Å². The minimum atomic E-state index is -0.238. The van der Waals surface area contributed by atoms with Crippen molar-refractivity contribution in [3.8, 4) is 0 Å². The van der Waals surface area contributed by atoms with E-state index in [2.05, 4.69) is 50.1 Å². The fourth-order valence-corrected chi connectivity index (χ4v) is 3.30. The van der Waals surface area contributed by atoms with Crippen LogP contribution in [-0.2, 0) is 18.0 Å². The molecule has 1 aliphatic heterocycles. The van der Waals surface area contributed by atoms with E-state index in [1.807, 2.05) is 6.07 Å². The molecule has 0 aromatic heterocycles. The summed E-state index contributed by atoms with van der Waals surface area (Å²) in [5.74, 6) is -0.238. The summed E-state index contributed by atoms with van der Waals surface area (Å²) in [5.41, 5.74) is 4.47. The number of halogens is 3. The van der Waals surface area contributed by atoms with E-state index in [0.29, 0.717) is 13.2 Å². The minimum Gasteiger partial charge on any atom is -0.372 e. The summed E-state index contributed by atoms with van der Waals surface area (Å²) in [7, 11) is 0. The number of hydrogen-bond donors (Lipinski definition) is 0. The number of ether oxygens (including phenoxy) is 1. The van der Waals surface area contributed by atoms with Gasteiger partial charge in [-0.2, -0.15) is 0 Å². The van der Waals surface area contributed by atoms with Crippen LogP contribution in [0.15, 0.2) is 40.9 Å². The van der Waals surface area contributed by atoms with Crippen LogP contribution in [0.5, 0.6) is 0 Å². The zero-order valence-corrected chi connectivity index (χ0v) is 13.2. The molecule has 0 saturated carbocycles. The summed E-state index contributed by atoms with van der Waals surface area (Å²) in [6.07, 6.45) is 0. The Balaban J connectivity index is 1.97. The highest BCUT2D eigenvalue weighted by atomic mass is 79.9. The summed E-state index contributed by atoms with van der Waals surface area (Å²) in [4.78, 5) is -0.0228. The first-order valence-corrected chi connectivity index (χ1v) is 7.64. The van der Waals surface area contributed by atoms with Crippen LogP contribution in [0.2, 0.25) is 0 Å². The molecule has 1 nitrogen and oxygen atoms in total. The van der Waals surface area contributed by atoms with Gasteiger partial charge in [-0.05, 0) is 40.5 Å².